The Morgan fingerprint density at radius 3 is 2.52 bits per heavy atom. The molecule has 2 heterocycles. The number of aromatic nitrogens is 2. The monoisotopic (exact) mass is 446 g/mol. The molecule has 108 valence electrons. The molecule has 0 fully saturated rings. The van der Waals surface area contributed by atoms with Gasteiger partial charge in [-0.05, 0) is 38.8 Å². The van der Waals surface area contributed by atoms with E-state index in [-0.39, 0.29) is 5.56 Å². The first-order chi connectivity index (χ1) is 9.88. The fraction of sp³-hybridized carbons (Fsp3) is 0.0833. The molecule has 0 bridgehead atoms. The predicted octanol–water partition coefficient (Wildman–Crippen LogP) is 2.37. The minimum atomic E-state index is -0.891. The second-order valence-corrected chi connectivity index (χ2v) is 8.52. The first-order valence-electron chi connectivity index (χ1n) is 5.72. The van der Waals surface area contributed by atoms with Crippen LogP contribution < -0.4 is 11.3 Å². The number of amidine groups is 1. The minimum Gasteiger partial charge on any atom is -0.378 e. The fourth-order valence-electron chi connectivity index (χ4n) is 2.05. The van der Waals surface area contributed by atoms with Gasteiger partial charge in [-0.15, -0.1) is 0 Å². The molecular formula is C12H8Br2N4OS2. The largest absolute Gasteiger partial charge is 0.378 e. The Labute approximate surface area is 144 Å². The molecular weight excluding hydrogens is 440 g/mol. The van der Waals surface area contributed by atoms with Gasteiger partial charge >= 0.3 is 0 Å². The third kappa shape index (κ3) is 2.52. The van der Waals surface area contributed by atoms with E-state index in [0.717, 1.165) is 14.5 Å². The summed E-state index contributed by atoms with van der Waals surface area (Å²) in [5.74, 6) is 1.02. The summed E-state index contributed by atoms with van der Waals surface area (Å²) in [6.45, 7) is 0. The van der Waals surface area contributed by atoms with E-state index in [1.807, 2.05) is 18.2 Å². The lowest BCUT2D eigenvalue weighted by atomic mass is 10.2. The molecule has 1 aromatic heterocycles. The smallest absolute Gasteiger partial charge is 0.289 e. The number of fused-ring (bicyclic) bond motifs is 1. The van der Waals surface area contributed by atoms with Crippen molar-refractivity contribution in [2.75, 3.05) is 0 Å². The maximum atomic E-state index is 12.2. The summed E-state index contributed by atoms with van der Waals surface area (Å²) in [5.41, 5.74) is 6.20. The zero-order chi connectivity index (χ0) is 15.3. The summed E-state index contributed by atoms with van der Waals surface area (Å²) < 4.78 is 3.51. The van der Waals surface area contributed by atoms with E-state index in [0.29, 0.717) is 21.7 Å². The molecule has 1 aliphatic heterocycles. The molecule has 5 nitrogen and oxygen atoms in total. The lowest BCUT2D eigenvalue weighted by Crippen LogP contribution is -2.21. The Morgan fingerprint density at radius 2 is 1.90 bits per heavy atom. The van der Waals surface area contributed by atoms with Gasteiger partial charge < -0.3 is 10.3 Å². The molecule has 1 unspecified atom stereocenters. The SMILES string of the molecule is Cn1c(-c2cc(Br)cc(Br)c2)nc(=O)c2c1N=C(N)S2=S. The highest BCUT2D eigenvalue weighted by molar-refractivity contribution is 9.11. The van der Waals surface area contributed by atoms with Gasteiger partial charge in [-0.25, -0.2) is 4.99 Å². The molecule has 0 amide bonds. The lowest BCUT2D eigenvalue weighted by molar-refractivity contribution is 0.841. The summed E-state index contributed by atoms with van der Waals surface area (Å²) in [5, 5.41) is 0.294. The van der Waals surface area contributed by atoms with Crippen LogP contribution in [0.1, 0.15) is 0 Å². The van der Waals surface area contributed by atoms with E-state index in [1.165, 1.54) is 0 Å². The maximum absolute atomic E-state index is 12.2. The van der Waals surface area contributed by atoms with Gasteiger partial charge in [0.05, 0.1) is 0 Å². The molecule has 2 N–H and O–H groups in total. The fourth-order valence-corrected chi connectivity index (χ4v) is 4.82. The van der Waals surface area contributed by atoms with Crippen molar-refractivity contribution in [3.8, 4) is 11.4 Å². The average Bonchev–Trinajstić information content (AvgIpc) is 2.70. The van der Waals surface area contributed by atoms with E-state index in [9.17, 15) is 4.79 Å². The van der Waals surface area contributed by atoms with Crippen LogP contribution >= 0.6 is 31.9 Å². The Bertz CT molecular complexity index is 871. The van der Waals surface area contributed by atoms with E-state index >= 15 is 0 Å². The molecule has 0 aliphatic carbocycles. The van der Waals surface area contributed by atoms with Gasteiger partial charge in [0.2, 0.25) is 0 Å². The van der Waals surface area contributed by atoms with Gasteiger partial charge in [0.15, 0.2) is 11.0 Å². The number of aliphatic imine (C=N–C) groups is 1. The number of hydrogen-bond donors (Lipinski definition) is 1. The van der Waals surface area contributed by atoms with Gasteiger partial charge in [-0.3, -0.25) is 4.79 Å². The molecule has 0 radical (unpaired) electrons. The second-order valence-electron chi connectivity index (χ2n) is 4.33. The third-order valence-electron chi connectivity index (χ3n) is 2.95. The van der Waals surface area contributed by atoms with Crippen molar-refractivity contribution in [2.24, 2.45) is 17.8 Å². The number of nitrogens with zero attached hydrogens (tertiary/aromatic N) is 3. The molecule has 0 spiro atoms. The van der Waals surface area contributed by atoms with Crippen molar-refractivity contribution in [3.05, 3.63) is 37.5 Å². The molecule has 1 atom stereocenters. The number of benzene rings is 1. The number of halogens is 2. The van der Waals surface area contributed by atoms with Crippen molar-refractivity contribution >= 4 is 63.5 Å². The van der Waals surface area contributed by atoms with Gasteiger partial charge in [-0.2, -0.15) is 4.98 Å². The molecule has 1 aliphatic rings. The lowest BCUT2D eigenvalue weighted by Gasteiger charge is -2.11. The van der Waals surface area contributed by atoms with Gasteiger partial charge in [0, 0.05) is 21.6 Å². The zero-order valence-electron chi connectivity index (χ0n) is 10.6. The molecule has 2 aromatic rings. The maximum Gasteiger partial charge on any atom is 0.289 e. The van der Waals surface area contributed by atoms with Crippen molar-refractivity contribution < 1.29 is 0 Å². The highest BCUT2D eigenvalue weighted by atomic mass is 79.9. The molecule has 0 saturated heterocycles. The second kappa shape index (κ2) is 5.38. The summed E-state index contributed by atoms with van der Waals surface area (Å²) in [6, 6.07) is 5.68. The molecule has 1 aromatic carbocycles. The Hall–Kier alpha value is -0.900. The van der Waals surface area contributed by atoms with Crippen molar-refractivity contribution in [2.45, 2.75) is 4.90 Å². The quantitative estimate of drug-likeness (QED) is 0.728. The summed E-state index contributed by atoms with van der Waals surface area (Å²) in [6.07, 6.45) is 0. The van der Waals surface area contributed by atoms with E-state index in [4.69, 9.17) is 16.9 Å². The molecule has 3 rings (SSSR count). The van der Waals surface area contributed by atoms with Crippen LogP contribution in [-0.2, 0) is 27.7 Å². The first kappa shape index (κ1) is 15.0. The number of rotatable bonds is 1. The van der Waals surface area contributed by atoms with E-state index in [1.54, 1.807) is 11.6 Å². The van der Waals surface area contributed by atoms with Crippen molar-refractivity contribution in [1.29, 1.82) is 0 Å². The molecule has 21 heavy (non-hydrogen) atoms. The number of nitrogens with two attached hydrogens (primary N) is 1. The van der Waals surface area contributed by atoms with Crippen LogP contribution in [0.3, 0.4) is 0 Å². The summed E-state index contributed by atoms with van der Waals surface area (Å²) >= 11 is 12.1. The predicted molar refractivity (Wildman–Crippen MR) is 94.6 cm³/mol. The van der Waals surface area contributed by atoms with Crippen LogP contribution in [0.15, 0.2) is 41.8 Å². The highest BCUT2D eigenvalue weighted by Gasteiger charge is 2.26. The summed E-state index contributed by atoms with van der Waals surface area (Å²) in [7, 11) is 0.905. The van der Waals surface area contributed by atoms with Crippen LogP contribution in [-0.4, -0.2) is 14.7 Å². The average molecular weight is 448 g/mol. The van der Waals surface area contributed by atoms with E-state index in [2.05, 4.69) is 41.8 Å². The normalized spacial score (nSPS) is 16.7. The highest BCUT2D eigenvalue weighted by Crippen LogP contribution is 2.31. The molecule has 0 saturated carbocycles. The molecule has 9 heteroatoms. The number of hydrogen-bond acceptors (Lipinski definition) is 5. The third-order valence-corrected chi connectivity index (χ3v) is 6.08. The van der Waals surface area contributed by atoms with Crippen molar-refractivity contribution in [1.82, 2.24) is 9.55 Å². The Kier molecular flexibility index (Phi) is 3.85. The van der Waals surface area contributed by atoms with Crippen molar-refractivity contribution in [3.63, 3.8) is 0 Å². The van der Waals surface area contributed by atoms with Crippen LogP contribution in [0.5, 0.6) is 0 Å². The topological polar surface area (TPSA) is 73.3 Å². The van der Waals surface area contributed by atoms with Crippen LogP contribution in [0.25, 0.3) is 11.4 Å². The summed E-state index contributed by atoms with van der Waals surface area (Å²) in [4.78, 5) is 21.0. The van der Waals surface area contributed by atoms with Gasteiger partial charge in [0.25, 0.3) is 5.56 Å². The van der Waals surface area contributed by atoms with Gasteiger partial charge in [-0.1, -0.05) is 31.9 Å². The zero-order valence-corrected chi connectivity index (χ0v) is 15.4. The van der Waals surface area contributed by atoms with Crippen LogP contribution in [0, 0.1) is 0 Å². The van der Waals surface area contributed by atoms with E-state index < -0.39 is 9.45 Å². The Morgan fingerprint density at radius 1 is 1.29 bits per heavy atom. The van der Waals surface area contributed by atoms with Gasteiger partial charge in [0.1, 0.15) is 10.7 Å². The minimum absolute atomic E-state index is 0.294. The van der Waals surface area contributed by atoms with Crippen LogP contribution in [0.2, 0.25) is 0 Å². The standard InChI is InChI=1S/C12H8Br2N4OS2/c1-18-9(5-2-6(13)4-7(14)3-5)16-11(19)8-10(18)17-12(15)21(8)20/h2-4H,1H3,(H2,15,17). The first-order valence-corrected chi connectivity index (χ1v) is 9.45. The Balaban J connectivity index is 2.32. The van der Waals surface area contributed by atoms with Crippen LogP contribution in [0.4, 0.5) is 5.82 Å².